The summed E-state index contributed by atoms with van der Waals surface area (Å²) >= 11 is 0. The third-order valence-electron chi connectivity index (χ3n) is 7.02. The van der Waals surface area contributed by atoms with Crippen LogP contribution >= 0.6 is 0 Å². The Morgan fingerprint density at radius 2 is 1.83 bits per heavy atom. The van der Waals surface area contributed by atoms with Crippen LogP contribution in [0.25, 0.3) is 11.0 Å². The van der Waals surface area contributed by atoms with E-state index in [1.807, 2.05) is 33.8 Å². The molecule has 6 N–H and O–H groups in total. The summed E-state index contributed by atoms with van der Waals surface area (Å²) in [5.74, 6) is 1.53. The summed E-state index contributed by atoms with van der Waals surface area (Å²) in [6.45, 7) is 16.7. The summed E-state index contributed by atoms with van der Waals surface area (Å²) in [4.78, 5) is 39.7. The first kappa shape index (κ1) is 29.8. The number of anilines is 4. The molecule has 0 aliphatic carbocycles. The predicted molar refractivity (Wildman–Crippen MR) is 165 cm³/mol. The summed E-state index contributed by atoms with van der Waals surface area (Å²) in [5, 5.41) is 11.5. The normalized spacial score (nSPS) is 15.0. The van der Waals surface area contributed by atoms with Gasteiger partial charge in [0.15, 0.2) is 11.6 Å². The monoisotopic (exact) mass is 559 g/mol. The number of aryl methyl sites for hydroxylation is 1. The van der Waals surface area contributed by atoms with E-state index < -0.39 is 5.91 Å². The number of benzene rings is 1. The number of carbonyl (C=O) groups excluding carboxylic acids is 1. The first-order valence-corrected chi connectivity index (χ1v) is 13.9. The lowest BCUT2D eigenvalue weighted by Gasteiger charge is -2.35. The summed E-state index contributed by atoms with van der Waals surface area (Å²) in [7, 11) is 0. The fraction of sp³-hybridized carbons (Fsp3) is 0.483. The summed E-state index contributed by atoms with van der Waals surface area (Å²) in [6, 6.07) is 5.23. The third-order valence-corrected chi connectivity index (χ3v) is 7.02. The topological polar surface area (TPSA) is 175 Å². The number of hydrogen-bond acceptors (Lipinski definition) is 10. The quantitative estimate of drug-likeness (QED) is 0.235. The van der Waals surface area contributed by atoms with Gasteiger partial charge in [0, 0.05) is 56.1 Å². The van der Waals surface area contributed by atoms with Crippen molar-refractivity contribution in [1.82, 2.24) is 24.8 Å². The zero-order valence-electron chi connectivity index (χ0n) is 24.8. The largest absolute Gasteiger partial charge is 0.387 e. The average molecular weight is 560 g/mol. The summed E-state index contributed by atoms with van der Waals surface area (Å²) in [5.41, 5.74) is 15.3. The van der Waals surface area contributed by atoms with E-state index >= 15 is 0 Å². The van der Waals surface area contributed by atoms with E-state index in [0.29, 0.717) is 45.7 Å². The van der Waals surface area contributed by atoms with E-state index in [1.165, 1.54) is 6.33 Å². The molecule has 2 aromatic heterocycles. The van der Waals surface area contributed by atoms with Crippen molar-refractivity contribution < 1.29 is 4.79 Å². The minimum Gasteiger partial charge on any atom is -0.387 e. The second kappa shape index (κ2) is 12.1. The molecular formula is C29H41N11O. The van der Waals surface area contributed by atoms with Gasteiger partial charge in [0.25, 0.3) is 5.91 Å². The molecule has 0 radical (unpaired) electrons. The standard InChI is InChI=1S/C29H41N11O/c1-17(2)15-39-9-11-40(12-10-39)28-37-24-23(25(32)38-28)33-16-34-26(24)35-20-13-19(8-7-18(20)3)27(41)36-22(31)14-21(30)29(4,5)6/h7-8,13,16-17,30H,9-12,14-15H2,1-6H3,(H2,31,36,41)(H2,32,37,38)(H,33,34,35). The van der Waals surface area contributed by atoms with Crippen LogP contribution in [0.3, 0.4) is 0 Å². The van der Waals surface area contributed by atoms with Crippen molar-refractivity contribution >= 4 is 51.8 Å². The number of piperazine rings is 1. The number of nitrogens with zero attached hydrogens (tertiary/aromatic N) is 7. The van der Waals surface area contributed by atoms with Crippen LogP contribution in [0.5, 0.6) is 0 Å². The molecule has 1 saturated heterocycles. The van der Waals surface area contributed by atoms with E-state index in [1.54, 1.807) is 12.1 Å². The highest BCUT2D eigenvalue weighted by Crippen LogP contribution is 2.28. The number of amidine groups is 1. The van der Waals surface area contributed by atoms with Crippen molar-refractivity contribution in [2.75, 3.05) is 48.7 Å². The van der Waals surface area contributed by atoms with E-state index in [2.05, 4.69) is 48.9 Å². The van der Waals surface area contributed by atoms with Crippen LogP contribution in [0.15, 0.2) is 29.5 Å². The zero-order valence-corrected chi connectivity index (χ0v) is 24.8. The molecule has 3 heterocycles. The molecule has 1 amide bonds. The fourth-order valence-electron chi connectivity index (χ4n) is 4.54. The number of aromatic nitrogens is 4. The Hall–Kier alpha value is -4.19. The SMILES string of the molecule is Cc1ccc(C(=O)N=C(N)CC(=N)C(C)(C)C)cc1Nc1ncnc2c(N)nc(N3CCN(CC(C)C)CC3)nc12. The van der Waals surface area contributed by atoms with E-state index in [-0.39, 0.29) is 23.5 Å². The maximum atomic E-state index is 12.9. The Kier molecular flexibility index (Phi) is 8.81. The molecule has 3 aromatic rings. The zero-order chi connectivity index (χ0) is 29.9. The number of rotatable bonds is 8. The molecule has 1 aromatic carbocycles. The van der Waals surface area contributed by atoms with Gasteiger partial charge in [0.05, 0.1) is 0 Å². The first-order valence-electron chi connectivity index (χ1n) is 13.9. The molecule has 41 heavy (non-hydrogen) atoms. The van der Waals surface area contributed by atoms with Crippen LogP contribution in [-0.4, -0.2) is 75.0 Å². The molecule has 1 aliphatic heterocycles. The lowest BCUT2D eigenvalue weighted by Crippen LogP contribution is -2.48. The molecule has 0 saturated carbocycles. The number of hydrogen-bond donors (Lipinski definition) is 4. The van der Waals surface area contributed by atoms with Crippen LogP contribution < -0.4 is 21.7 Å². The molecule has 4 rings (SSSR count). The Labute approximate surface area is 241 Å². The lowest BCUT2D eigenvalue weighted by molar-refractivity contribution is 0.100. The molecule has 0 bridgehead atoms. The molecule has 12 heteroatoms. The Morgan fingerprint density at radius 1 is 1.12 bits per heavy atom. The maximum Gasteiger partial charge on any atom is 0.278 e. The van der Waals surface area contributed by atoms with Crippen molar-refractivity contribution in [3.05, 3.63) is 35.7 Å². The fourth-order valence-corrected chi connectivity index (χ4v) is 4.54. The van der Waals surface area contributed by atoms with Crippen LogP contribution in [0.2, 0.25) is 0 Å². The predicted octanol–water partition coefficient (Wildman–Crippen LogP) is 3.79. The Morgan fingerprint density at radius 3 is 2.49 bits per heavy atom. The van der Waals surface area contributed by atoms with E-state index in [9.17, 15) is 4.79 Å². The van der Waals surface area contributed by atoms with Crippen LogP contribution in [0.1, 0.15) is 57.0 Å². The molecule has 1 aliphatic rings. The molecule has 12 nitrogen and oxygen atoms in total. The number of amides is 1. The Bertz CT molecular complexity index is 1470. The average Bonchev–Trinajstić information content (AvgIpc) is 2.89. The van der Waals surface area contributed by atoms with Gasteiger partial charge in [-0.1, -0.05) is 40.7 Å². The van der Waals surface area contributed by atoms with Gasteiger partial charge in [-0.05, 0) is 36.0 Å². The molecule has 1 fully saturated rings. The smallest absolute Gasteiger partial charge is 0.278 e. The van der Waals surface area contributed by atoms with Crippen molar-refractivity contribution in [2.45, 2.75) is 48.0 Å². The Balaban J connectivity index is 1.58. The molecule has 218 valence electrons. The van der Waals surface area contributed by atoms with Gasteiger partial charge in [0.2, 0.25) is 5.95 Å². The maximum absolute atomic E-state index is 12.9. The second-order valence-electron chi connectivity index (χ2n) is 12.0. The number of carbonyl (C=O) groups is 1. The van der Waals surface area contributed by atoms with Crippen molar-refractivity contribution in [3.8, 4) is 0 Å². The first-order chi connectivity index (χ1) is 19.3. The van der Waals surface area contributed by atoms with Gasteiger partial charge >= 0.3 is 0 Å². The van der Waals surface area contributed by atoms with E-state index in [4.69, 9.17) is 21.9 Å². The number of nitrogen functional groups attached to an aromatic ring is 1. The summed E-state index contributed by atoms with van der Waals surface area (Å²) in [6.07, 6.45) is 1.55. The van der Waals surface area contributed by atoms with E-state index in [0.717, 1.165) is 38.3 Å². The van der Waals surface area contributed by atoms with Gasteiger partial charge in [-0.25, -0.2) is 15.0 Å². The second-order valence-corrected chi connectivity index (χ2v) is 12.0. The van der Waals surface area contributed by atoms with Crippen LogP contribution in [0, 0.1) is 23.7 Å². The van der Waals surface area contributed by atoms with Crippen molar-refractivity contribution in [1.29, 1.82) is 5.41 Å². The van der Waals surface area contributed by atoms with Crippen LogP contribution in [-0.2, 0) is 0 Å². The van der Waals surface area contributed by atoms with Gasteiger partial charge in [0.1, 0.15) is 23.2 Å². The van der Waals surface area contributed by atoms with Gasteiger partial charge in [-0.3, -0.25) is 9.69 Å². The van der Waals surface area contributed by atoms with Gasteiger partial charge < -0.3 is 27.1 Å². The van der Waals surface area contributed by atoms with Crippen LogP contribution in [0.4, 0.5) is 23.3 Å². The van der Waals surface area contributed by atoms with Gasteiger partial charge in [-0.2, -0.15) is 9.98 Å². The highest BCUT2D eigenvalue weighted by molar-refractivity contribution is 6.10. The highest BCUT2D eigenvalue weighted by Gasteiger charge is 2.22. The minimum absolute atomic E-state index is 0.108. The molecule has 0 spiro atoms. The molecule has 0 unspecified atom stereocenters. The number of aliphatic imine (C=N–C) groups is 1. The van der Waals surface area contributed by atoms with Gasteiger partial charge in [-0.15, -0.1) is 0 Å². The summed E-state index contributed by atoms with van der Waals surface area (Å²) < 4.78 is 0. The molecular weight excluding hydrogens is 518 g/mol. The molecule has 0 atom stereocenters. The minimum atomic E-state index is -0.481. The number of nitrogens with one attached hydrogen (secondary N) is 2. The highest BCUT2D eigenvalue weighted by atomic mass is 16.1. The third kappa shape index (κ3) is 7.31. The van der Waals surface area contributed by atoms with Crippen molar-refractivity contribution in [3.63, 3.8) is 0 Å². The lowest BCUT2D eigenvalue weighted by atomic mass is 9.88. The number of nitrogens with two attached hydrogens (primary N) is 2. The van der Waals surface area contributed by atoms with Crippen molar-refractivity contribution in [2.24, 2.45) is 22.1 Å². The number of fused-ring (bicyclic) bond motifs is 1.